The van der Waals surface area contributed by atoms with Crippen LogP contribution in [0.25, 0.3) is 10.8 Å². The Labute approximate surface area is 230 Å². The number of nitrogens with zero attached hydrogens (tertiary/aromatic N) is 2. The van der Waals surface area contributed by atoms with E-state index in [1.807, 2.05) is 48.5 Å². The molecule has 8 nitrogen and oxygen atoms in total. The van der Waals surface area contributed by atoms with Gasteiger partial charge in [-0.25, -0.2) is 8.42 Å². The molecule has 2 amide bonds. The molecule has 39 heavy (non-hydrogen) atoms. The SMILES string of the molecule is COc1ccc(CN(C(=O)CCCN2c3cccc4cccc(c34)S2(=O)=O)[C@H](C)C(=O)NC2CCCC2)cc1. The third-order valence-corrected chi connectivity index (χ3v) is 9.67. The Hall–Kier alpha value is -3.59. The molecule has 3 aromatic carbocycles. The van der Waals surface area contributed by atoms with Crippen LogP contribution in [0.1, 0.15) is 51.0 Å². The molecule has 3 aromatic rings. The van der Waals surface area contributed by atoms with Crippen molar-refractivity contribution < 1.29 is 22.7 Å². The van der Waals surface area contributed by atoms with Crippen molar-refractivity contribution in [3.8, 4) is 5.75 Å². The maximum absolute atomic E-state index is 13.6. The zero-order chi connectivity index (χ0) is 27.6. The summed E-state index contributed by atoms with van der Waals surface area (Å²) in [4.78, 5) is 28.6. The number of ether oxygens (including phenoxy) is 1. The average molecular weight is 550 g/mol. The van der Waals surface area contributed by atoms with Crippen LogP contribution in [0.15, 0.2) is 65.6 Å². The Bertz CT molecular complexity index is 1460. The van der Waals surface area contributed by atoms with Gasteiger partial charge in [0.1, 0.15) is 11.8 Å². The van der Waals surface area contributed by atoms with Gasteiger partial charge in [-0.3, -0.25) is 13.9 Å². The lowest BCUT2D eigenvalue weighted by Crippen LogP contribution is -2.49. The van der Waals surface area contributed by atoms with E-state index in [4.69, 9.17) is 4.74 Å². The highest BCUT2D eigenvalue weighted by Gasteiger charge is 2.35. The number of benzene rings is 3. The second-order valence-corrected chi connectivity index (χ2v) is 12.2. The van der Waals surface area contributed by atoms with Gasteiger partial charge in [-0.05, 0) is 61.4 Å². The summed E-state index contributed by atoms with van der Waals surface area (Å²) in [6, 6.07) is 17.8. The zero-order valence-electron chi connectivity index (χ0n) is 22.4. The lowest BCUT2D eigenvalue weighted by molar-refractivity contribution is -0.141. The van der Waals surface area contributed by atoms with Crippen LogP contribution in [-0.4, -0.2) is 50.9 Å². The Morgan fingerprint density at radius 3 is 2.44 bits per heavy atom. The largest absolute Gasteiger partial charge is 0.497 e. The number of hydrogen-bond acceptors (Lipinski definition) is 5. The number of nitrogens with one attached hydrogen (secondary N) is 1. The number of carbonyl (C=O) groups excluding carboxylic acids is 2. The molecule has 0 saturated heterocycles. The van der Waals surface area contributed by atoms with E-state index in [1.54, 1.807) is 31.1 Å². The Kier molecular flexibility index (Phi) is 7.79. The van der Waals surface area contributed by atoms with Gasteiger partial charge in [-0.15, -0.1) is 0 Å². The standard InChI is InChI=1S/C30H35N3O5S/c1-21(30(35)31-24-10-3-4-11-24)32(20-22-15-17-25(38-2)18-16-22)28(34)14-7-19-33-26-12-5-8-23-9-6-13-27(29(23)26)39(33,36)37/h5-6,8-9,12-13,15-18,21,24H,3-4,7,10-11,14,19-20H2,1-2H3,(H,31,35)/t21-/m1/s1. The second kappa shape index (κ2) is 11.3. The predicted octanol–water partition coefficient (Wildman–Crippen LogP) is 4.61. The van der Waals surface area contributed by atoms with E-state index in [0.29, 0.717) is 22.8 Å². The summed E-state index contributed by atoms with van der Waals surface area (Å²) in [7, 11) is -2.09. The molecule has 9 heteroatoms. The van der Waals surface area contributed by atoms with E-state index in [2.05, 4.69) is 5.32 Å². The molecule has 5 rings (SSSR count). The van der Waals surface area contributed by atoms with Gasteiger partial charge in [-0.2, -0.15) is 0 Å². The highest BCUT2D eigenvalue weighted by molar-refractivity contribution is 7.93. The molecule has 1 atom stereocenters. The first kappa shape index (κ1) is 27.0. The number of hydrogen-bond donors (Lipinski definition) is 1. The third-order valence-electron chi connectivity index (χ3n) is 7.81. The van der Waals surface area contributed by atoms with Crippen LogP contribution in [0.4, 0.5) is 5.69 Å². The molecule has 206 valence electrons. The van der Waals surface area contributed by atoms with E-state index in [-0.39, 0.29) is 37.4 Å². The van der Waals surface area contributed by atoms with Gasteiger partial charge in [0.05, 0.1) is 17.7 Å². The number of carbonyl (C=O) groups is 2. The van der Waals surface area contributed by atoms with Crippen LogP contribution in [-0.2, 0) is 26.2 Å². The van der Waals surface area contributed by atoms with Crippen LogP contribution in [0, 0.1) is 0 Å². The Morgan fingerprint density at radius 1 is 1.05 bits per heavy atom. The highest BCUT2D eigenvalue weighted by atomic mass is 32.2. The molecule has 1 aliphatic heterocycles. The van der Waals surface area contributed by atoms with Crippen LogP contribution in [0.2, 0.25) is 0 Å². The van der Waals surface area contributed by atoms with Crippen molar-refractivity contribution in [1.29, 1.82) is 0 Å². The fourth-order valence-electron chi connectivity index (χ4n) is 5.62. The van der Waals surface area contributed by atoms with E-state index in [0.717, 1.165) is 42.0 Å². The van der Waals surface area contributed by atoms with E-state index >= 15 is 0 Å². The third kappa shape index (κ3) is 5.45. The summed E-state index contributed by atoms with van der Waals surface area (Å²) in [6.45, 7) is 2.21. The predicted molar refractivity (Wildman–Crippen MR) is 151 cm³/mol. The molecule has 0 aromatic heterocycles. The summed E-state index contributed by atoms with van der Waals surface area (Å²) in [5.41, 5.74) is 1.53. The summed E-state index contributed by atoms with van der Waals surface area (Å²) in [5, 5.41) is 4.71. The van der Waals surface area contributed by atoms with Gasteiger partial charge < -0.3 is 15.0 Å². The van der Waals surface area contributed by atoms with Crippen LogP contribution in [0.3, 0.4) is 0 Å². The topological polar surface area (TPSA) is 96.0 Å². The lowest BCUT2D eigenvalue weighted by atomic mass is 10.1. The van der Waals surface area contributed by atoms with Crippen molar-refractivity contribution in [3.05, 3.63) is 66.2 Å². The van der Waals surface area contributed by atoms with Crippen LogP contribution in [0.5, 0.6) is 5.75 Å². The van der Waals surface area contributed by atoms with E-state index in [9.17, 15) is 18.0 Å². The molecule has 1 aliphatic carbocycles. The van der Waals surface area contributed by atoms with Gasteiger partial charge in [0, 0.05) is 30.9 Å². The number of anilines is 1. The quantitative estimate of drug-likeness (QED) is 0.398. The summed E-state index contributed by atoms with van der Waals surface area (Å²) in [6.07, 6.45) is 4.58. The highest BCUT2D eigenvalue weighted by Crippen LogP contribution is 2.42. The molecular formula is C30H35N3O5S. The van der Waals surface area contributed by atoms with Crippen molar-refractivity contribution >= 4 is 38.3 Å². The van der Waals surface area contributed by atoms with Crippen LogP contribution < -0.4 is 14.4 Å². The maximum Gasteiger partial charge on any atom is 0.265 e. The zero-order valence-corrected chi connectivity index (χ0v) is 23.2. The fraction of sp³-hybridized carbons (Fsp3) is 0.400. The first-order valence-corrected chi connectivity index (χ1v) is 15.0. The van der Waals surface area contributed by atoms with Gasteiger partial charge in [0.25, 0.3) is 10.0 Å². The molecule has 1 N–H and O–H groups in total. The summed E-state index contributed by atoms with van der Waals surface area (Å²) in [5.74, 6) is 0.367. The maximum atomic E-state index is 13.6. The smallest absolute Gasteiger partial charge is 0.265 e. The molecule has 0 radical (unpaired) electrons. The van der Waals surface area contributed by atoms with Gasteiger partial charge in [0.15, 0.2) is 0 Å². The molecule has 0 bridgehead atoms. The van der Waals surface area contributed by atoms with Gasteiger partial charge in [0.2, 0.25) is 11.8 Å². The molecule has 0 unspecified atom stereocenters. The summed E-state index contributed by atoms with van der Waals surface area (Å²) < 4.78 is 33.2. The minimum absolute atomic E-state index is 0.121. The van der Waals surface area contributed by atoms with Crippen LogP contribution >= 0.6 is 0 Å². The lowest BCUT2D eigenvalue weighted by Gasteiger charge is -2.30. The van der Waals surface area contributed by atoms with E-state index < -0.39 is 16.1 Å². The van der Waals surface area contributed by atoms with Crippen molar-refractivity contribution in [2.75, 3.05) is 18.0 Å². The van der Waals surface area contributed by atoms with Gasteiger partial charge >= 0.3 is 0 Å². The molecule has 1 saturated carbocycles. The molecule has 1 fully saturated rings. The number of rotatable bonds is 10. The Morgan fingerprint density at radius 2 is 1.74 bits per heavy atom. The Balaban J connectivity index is 1.30. The minimum Gasteiger partial charge on any atom is -0.497 e. The average Bonchev–Trinajstić information content (AvgIpc) is 3.53. The van der Waals surface area contributed by atoms with Crippen molar-refractivity contribution in [2.45, 2.75) is 69.0 Å². The molecule has 1 heterocycles. The first-order valence-electron chi connectivity index (χ1n) is 13.6. The summed E-state index contributed by atoms with van der Waals surface area (Å²) >= 11 is 0. The fourth-order valence-corrected chi connectivity index (χ4v) is 7.37. The minimum atomic E-state index is -3.68. The molecule has 2 aliphatic rings. The van der Waals surface area contributed by atoms with E-state index in [1.165, 1.54) is 4.31 Å². The van der Waals surface area contributed by atoms with Gasteiger partial charge in [-0.1, -0.05) is 49.2 Å². The number of amides is 2. The van der Waals surface area contributed by atoms with Crippen molar-refractivity contribution in [2.24, 2.45) is 0 Å². The normalized spacial score (nSPS) is 16.8. The van der Waals surface area contributed by atoms with Crippen molar-refractivity contribution in [3.63, 3.8) is 0 Å². The molecular weight excluding hydrogens is 514 g/mol. The number of methoxy groups -OCH3 is 1. The molecule has 0 spiro atoms. The monoisotopic (exact) mass is 549 g/mol. The second-order valence-electron chi connectivity index (χ2n) is 10.3. The first-order chi connectivity index (χ1) is 18.8. The van der Waals surface area contributed by atoms with Crippen molar-refractivity contribution in [1.82, 2.24) is 10.2 Å². The number of sulfonamides is 1.